The molecule has 0 amide bonds. The molecule has 0 aromatic heterocycles. The maximum atomic E-state index is 14.1. The second-order valence-electron chi connectivity index (χ2n) is 5.03. The van der Waals surface area contributed by atoms with E-state index in [1.54, 1.807) is 0 Å². The van der Waals surface area contributed by atoms with Crippen molar-refractivity contribution >= 4 is 22.6 Å². The highest BCUT2D eigenvalue weighted by Gasteiger charge is 2.11. The fraction of sp³-hybridized carbons (Fsp3) is 0.294. The van der Waals surface area contributed by atoms with Crippen LogP contribution in [0.25, 0.3) is 0 Å². The Bertz CT molecular complexity index is 512. The van der Waals surface area contributed by atoms with E-state index in [9.17, 15) is 4.39 Å². The van der Waals surface area contributed by atoms with Gasteiger partial charge in [-0.25, -0.2) is 4.39 Å². The molecule has 0 N–H and O–H groups in total. The lowest BCUT2D eigenvalue weighted by atomic mass is 10.1. The van der Waals surface area contributed by atoms with E-state index in [0.717, 1.165) is 22.2 Å². The first kappa shape index (κ1) is 15.4. The second-order valence-corrected chi connectivity index (χ2v) is 6.28. The third-order valence-electron chi connectivity index (χ3n) is 3.29. The summed E-state index contributed by atoms with van der Waals surface area (Å²) < 4.78 is 15.3. The third kappa shape index (κ3) is 4.87. The molecule has 0 heterocycles. The number of benzene rings is 2. The van der Waals surface area contributed by atoms with Crippen molar-refractivity contribution in [2.75, 3.05) is 13.6 Å². The van der Waals surface area contributed by atoms with Crippen LogP contribution in [0, 0.1) is 3.57 Å². The minimum atomic E-state index is -0.884. The normalized spacial score (nSPS) is 12.6. The van der Waals surface area contributed by atoms with E-state index in [-0.39, 0.29) is 0 Å². The van der Waals surface area contributed by atoms with E-state index >= 15 is 0 Å². The van der Waals surface area contributed by atoms with Crippen LogP contribution in [0.2, 0.25) is 0 Å². The Morgan fingerprint density at radius 3 is 2.35 bits per heavy atom. The summed E-state index contributed by atoms with van der Waals surface area (Å²) in [4.78, 5) is 2.16. The standard InChI is InChI=1S/C17H19FIN/c1-20(13-14-5-3-2-4-6-14)12-11-17(18)15-7-9-16(19)10-8-15/h2-10,17H,11-13H2,1H3. The average Bonchev–Trinajstić information content (AvgIpc) is 2.46. The number of rotatable bonds is 6. The highest BCUT2D eigenvalue weighted by atomic mass is 127. The lowest BCUT2D eigenvalue weighted by Crippen LogP contribution is -2.20. The first-order valence-electron chi connectivity index (χ1n) is 6.77. The number of nitrogens with zero attached hydrogens (tertiary/aromatic N) is 1. The predicted octanol–water partition coefficient (Wildman–Crippen LogP) is 4.82. The van der Waals surface area contributed by atoms with E-state index in [4.69, 9.17) is 0 Å². The summed E-state index contributed by atoms with van der Waals surface area (Å²) in [6, 6.07) is 17.9. The minimum absolute atomic E-state index is 0.532. The first-order chi connectivity index (χ1) is 9.65. The van der Waals surface area contributed by atoms with E-state index in [2.05, 4.69) is 39.6 Å². The number of hydrogen-bond donors (Lipinski definition) is 0. The van der Waals surface area contributed by atoms with Crippen molar-refractivity contribution in [1.82, 2.24) is 4.90 Å². The number of halogens is 2. The van der Waals surface area contributed by atoms with Crippen molar-refractivity contribution in [3.63, 3.8) is 0 Å². The summed E-state index contributed by atoms with van der Waals surface area (Å²) in [5.41, 5.74) is 2.04. The molecule has 2 aromatic rings. The van der Waals surface area contributed by atoms with Crippen LogP contribution in [0.3, 0.4) is 0 Å². The molecule has 0 fully saturated rings. The van der Waals surface area contributed by atoms with E-state index < -0.39 is 6.17 Å². The molecule has 3 heteroatoms. The van der Waals surface area contributed by atoms with Crippen LogP contribution in [0.15, 0.2) is 54.6 Å². The SMILES string of the molecule is CN(CCC(F)c1ccc(I)cc1)Cc1ccccc1. The fourth-order valence-corrected chi connectivity index (χ4v) is 2.51. The molecule has 2 aromatic carbocycles. The molecule has 2 rings (SSSR count). The van der Waals surface area contributed by atoms with E-state index in [0.29, 0.717) is 6.42 Å². The zero-order valence-electron chi connectivity index (χ0n) is 11.6. The van der Waals surface area contributed by atoms with Gasteiger partial charge >= 0.3 is 0 Å². The Balaban J connectivity index is 1.81. The molecule has 1 nitrogen and oxygen atoms in total. The molecule has 1 atom stereocenters. The summed E-state index contributed by atoms with van der Waals surface area (Å²) in [7, 11) is 2.04. The van der Waals surface area contributed by atoms with Gasteiger partial charge in [-0.1, -0.05) is 42.5 Å². The van der Waals surface area contributed by atoms with Gasteiger partial charge < -0.3 is 4.90 Å². The Morgan fingerprint density at radius 1 is 1.05 bits per heavy atom. The predicted molar refractivity (Wildman–Crippen MR) is 90.4 cm³/mol. The van der Waals surface area contributed by atoms with Gasteiger partial charge in [0.05, 0.1) is 0 Å². The van der Waals surface area contributed by atoms with Gasteiger partial charge in [0.15, 0.2) is 0 Å². The molecule has 0 aliphatic heterocycles. The second kappa shape index (κ2) is 7.74. The largest absolute Gasteiger partial charge is 0.302 e. The summed E-state index contributed by atoms with van der Waals surface area (Å²) in [6.45, 7) is 1.61. The highest BCUT2D eigenvalue weighted by Crippen LogP contribution is 2.22. The molecule has 106 valence electrons. The molecule has 0 radical (unpaired) electrons. The summed E-state index contributed by atoms with van der Waals surface area (Å²) in [5.74, 6) is 0. The van der Waals surface area contributed by atoms with Crippen molar-refractivity contribution in [1.29, 1.82) is 0 Å². The van der Waals surface area contributed by atoms with Gasteiger partial charge in [-0.3, -0.25) is 0 Å². The fourth-order valence-electron chi connectivity index (χ4n) is 2.15. The molecular formula is C17H19FIN. The van der Waals surface area contributed by atoms with Crippen LogP contribution in [-0.2, 0) is 6.54 Å². The molecule has 1 unspecified atom stereocenters. The minimum Gasteiger partial charge on any atom is -0.302 e. The maximum Gasteiger partial charge on any atom is 0.126 e. The topological polar surface area (TPSA) is 3.24 Å². The van der Waals surface area contributed by atoms with Crippen molar-refractivity contribution in [3.8, 4) is 0 Å². The van der Waals surface area contributed by atoms with Crippen LogP contribution >= 0.6 is 22.6 Å². The molecular weight excluding hydrogens is 364 g/mol. The van der Waals surface area contributed by atoms with Gasteiger partial charge in [-0.05, 0) is 59.3 Å². The van der Waals surface area contributed by atoms with Crippen molar-refractivity contribution in [3.05, 3.63) is 69.3 Å². The molecule has 0 spiro atoms. The summed E-state index contributed by atoms with van der Waals surface area (Å²) in [5, 5.41) is 0. The smallest absolute Gasteiger partial charge is 0.126 e. The Kier molecular flexibility index (Phi) is 5.98. The molecule has 20 heavy (non-hydrogen) atoms. The quantitative estimate of drug-likeness (QED) is 0.647. The lowest BCUT2D eigenvalue weighted by Gasteiger charge is -2.18. The third-order valence-corrected chi connectivity index (χ3v) is 4.01. The van der Waals surface area contributed by atoms with Crippen LogP contribution in [-0.4, -0.2) is 18.5 Å². The Hall–Kier alpha value is -0.940. The number of hydrogen-bond acceptors (Lipinski definition) is 1. The average molecular weight is 383 g/mol. The number of alkyl halides is 1. The molecule has 0 saturated carbocycles. The zero-order chi connectivity index (χ0) is 14.4. The lowest BCUT2D eigenvalue weighted by molar-refractivity contribution is 0.251. The molecule has 0 aliphatic rings. The van der Waals surface area contributed by atoms with Crippen molar-refractivity contribution in [2.24, 2.45) is 0 Å². The van der Waals surface area contributed by atoms with Crippen molar-refractivity contribution in [2.45, 2.75) is 19.1 Å². The molecule has 0 saturated heterocycles. The van der Waals surface area contributed by atoms with Crippen molar-refractivity contribution < 1.29 is 4.39 Å². The van der Waals surface area contributed by atoms with Gasteiger partial charge in [-0.15, -0.1) is 0 Å². The summed E-state index contributed by atoms with van der Waals surface area (Å²) in [6.07, 6.45) is -0.352. The maximum absolute atomic E-state index is 14.1. The van der Waals surface area contributed by atoms with Crippen LogP contribution in [0.5, 0.6) is 0 Å². The van der Waals surface area contributed by atoms with Gasteiger partial charge in [-0.2, -0.15) is 0 Å². The zero-order valence-corrected chi connectivity index (χ0v) is 13.8. The van der Waals surface area contributed by atoms with Crippen LogP contribution < -0.4 is 0 Å². The van der Waals surface area contributed by atoms with Gasteiger partial charge in [0, 0.05) is 16.7 Å². The highest BCUT2D eigenvalue weighted by molar-refractivity contribution is 14.1. The molecule has 0 aliphatic carbocycles. The Morgan fingerprint density at radius 2 is 1.70 bits per heavy atom. The monoisotopic (exact) mass is 383 g/mol. The summed E-state index contributed by atoms with van der Waals surface area (Å²) >= 11 is 2.23. The van der Waals surface area contributed by atoms with Gasteiger partial charge in [0.1, 0.15) is 6.17 Å². The first-order valence-corrected chi connectivity index (χ1v) is 7.85. The Labute approximate surface area is 134 Å². The van der Waals surface area contributed by atoms with Gasteiger partial charge in [0.25, 0.3) is 0 Å². The van der Waals surface area contributed by atoms with Gasteiger partial charge in [0.2, 0.25) is 0 Å². The molecule has 0 bridgehead atoms. The van der Waals surface area contributed by atoms with E-state index in [1.165, 1.54) is 5.56 Å². The van der Waals surface area contributed by atoms with E-state index in [1.807, 2.05) is 49.5 Å². The van der Waals surface area contributed by atoms with Crippen LogP contribution in [0.1, 0.15) is 23.7 Å². The van der Waals surface area contributed by atoms with Crippen LogP contribution in [0.4, 0.5) is 4.39 Å².